The molecule has 0 aliphatic rings. The molecule has 0 aromatic heterocycles. The summed E-state index contributed by atoms with van der Waals surface area (Å²) in [6.07, 6.45) is 108. The Kier molecular flexibility index (Phi) is 114. The van der Waals surface area contributed by atoms with Crippen LogP contribution in [0.2, 0.25) is 0 Å². The summed E-state index contributed by atoms with van der Waals surface area (Å²) in [6.45, 7) is 23.0. The Bertz CT molecular complexity index is 1930. The average molecular weight is 1520 g/mol. The molecular formula is C98H184O10. The monoisotopic (exact) mass is 1520 g/mol. The molecule has 0 saturated heterocycles. The largest absolute Gasteiger partial charge is 0.466 e. The van der Waals surface area contributed by atoms with E-state index < -0.39 is 0 Å². The molecule has 0 fully saturated rings. The third kappa shape index (κ3) is 118. The molecule has 0 aromatic carbocycles. The first-order valence-electron chi connectivity index (χ1n) is 46.7. The van der Waals surface area contributed by atoms with Gasteiger partial charge in [-0.2, -0.15) is 0 Å². The van der Waals surface area contributed by atoms with Gasteiger partial charge in [-0.15, -0.1) is 0 Å². The predicted molar refractivity (Wildman–Crippen MR) is 471 cm³/mol. The summed E-state index contributed by atoms with van der Waals surface area (Å²) in [6, 6.07) is 0. The molecule has 0 bridgehead atoms. The van der Waals surface area contributed by atoms with Gasteiger partial charge < -0.3 is 23.7 Å². The van der Waals surface area contributed by atoms with E-state index in [-0.39, 0.29) is 29.8 Å². The SMILES string of the molecule is CCC=CCC=CCC=CCCCCCCCC(=O)OCC.CCCCCC=CCC=CCCCCCCCC(=O)OCC.CCCCCCCCC=CCCCCCCCC(=O)OCC.CCCCCCCCCCCCCCCC(=O)OCC.CCCCCCCCCCCCCCCCCC(=O)OCC. The van der Waals surface area contributed by atoms with E-state index >= 15 is 0 Å². The molecule has 108 heavy (non-hydrogen) atoms. The average Bonchev–Trinajstić information content (AvgIpc) is 3.37. The number of unbranched alkanes of at least 4 members (excludes halogenated alkanes) is 50. The number of esters is 5. The van der Waals surface area contributed by atoms with Crippen molar-refractivity contribution in [3.8, 4) is 0 Å². The summed E-state index contributed by atoms with van der Waals surface area (Å²) in [5.74, 6) is -0.204. The number of hydrogen-bond acceptors (Lipinski definition) is 10. The fourth-order valence-corrected chi connectivity index (χ4v) is 12.4. The molecule has 0 amide bonds. The lowest BCUT2D eigenvalue weighted by Crippen LogP contribution is -2.03. The van der Waals surface area contributed by atoms with E-state index in [1.54, 1.807) is 0 Å². The van der Waals surface area contributed by atoms with Crippen molar-refractivity contribution >= 4 is 29.8 Å². The van der Waals surface area contributed by atoms with E-state index in [2.05, 4.69) is 108 Å². The molecule has 0 radical (unpaired) electrons. The Labute approximate surface area is 672 Å². The molecule has 0 aromatic rings. The quantitative estimate of drug-likeness (QED) is 0.0251. The molecule has 0 aliphatic carbocycles. The Morgan fingerprint density at radius 1 is 0.167 bits per heavy atom. The summed E-state index contributed by atoms with van der Waals surface area (Å²) >= 11 is 0. The summed E-state index contributed by atoms with van der Waals surface area (Å²) < 4.78 is 24.6. The van der Waals surface area contributed by atoms with Crippen molar-refractivity contribution in [3.63, 3.8) is 0 Å². The summed E-state index contributed by atoms with van der Waals surface area (Å²) in [5, 5.41) is 0. The molecule has 10 nitrogen and oxygen atoms in total. The van der Waals surface area contributed by atoms with E-state index in [1.165, 1.54) is 315 Å². The molecule has 0 rings (SSSR count). The normalized spacial score (nSPS) is 11.2. The van der Waals surface area contributed by atoms with Crippen molar-refractivity contribution < 1.29 is 47.7 Å². The van der Waals surface area contributed by atoms with Crippen LogP contribution in [0.25, 0.3) is 0 Å². The zero-order valence-corrected chi connectivity index (χ0v) is 73.7. The van der Waals surface area contributed by atoms with Crippen molar-refractivity contribution in [2.75, 3.05) is 33.0 Å². The Hall–Kier alpha value is -4.21. The molecule has 636 valence electrons. The Balaban J connectivity index is -0.000000409. The number of rotatable bonds is 77. The van der Waals surface area contributed by atoms with Gasteiger partial charge in [-0.25, -0.2) is 0 Å². The highest BCUT2D eigenvalue weighted by Gasteiger charge is 2.06. The first-order chi connectivity index (χ1) is 53.0. The highest BCUT2D eigenvalue weighted by atomic mass is 16.5. The van der Waals surface area contributed by atoms with Crippen molar-refractivity contribution in [1.82, 2.24) is 0 Å². The predicted octanol–water partition coefficient (Wildman–Crippen LogP) is 31.9. The van der Waals surface area contributed by atoms with E-state index in [9.17, 15) is 24.0 Å². The number of ether oxygens (including phenoxy) is 5. The summed E-state index contributed by atoms with van der Waals surface area (Å²) in [4.78, 5) is 55.7. The van der Waals surface area contributed by atoms with Crippen LogP contribution in [0.5, 0.6) is 0 Å². The molecule has 0 aliphatic heterocycles. The van der Waals surface area contributed by atoms with Crippen LogP contribution >= 0.6 is 0 Å². The van der Waals surface area contributed by atoms with Gasteiger partial charge in [-0.1, -0.05) is 377 Å². The lowest BCUT2D eigenvalue weighted by molar-refractivity contribution is -0.144. The van der Waals surface area contributed by atoms with Gasteiger partial charge in [0.1, 0.15) is 0 Å². The molecule has 10 heteroatoms. The van der Waals surface area contributed by atoms with Gasteiger partial charge in [-0.05, 0) is 157 Å². The third-order valence-corrected chi connectivity index (χ3v) is 19.0. The van der Waals surface area contributed by atoms with Crippen molar-refractivity contribution in [2.24, 2.45) is 0 Å². The molecule has 0 atom stereocenters. The minimum atomic E-state index is -0.0522. The van der Waals surface area contributed by atoms with Gasteiger partial charge in [0.05, 0.1) is 33.0 Å². The summed E-state index contributed by atoms with van der Waals surface area (Å²) in [5.41, 5.74) is 0. The van der Waals surface area contributed by atoms with Crippen LogP contribution in [0.4, 0.5) is 0 Å². The third-order valence-electron chi connectivity index (χ3n) is 19.0. The van der Waals surface area contributed by atoms with Crippen LogP contribution in [-0.2, 0) is 47.7 Å². The standard InChI is InChI=1S/C20H40O2.C20H38O2.C20H36O2.C20H34O2.C18H36O2/c4*1-3-5-6-7-8-9-10-11-12-13-14-15-16-17-18-19-20(21)22-4-2;1-3-5-6-7-8-9-10-11-12-13-14-15-16-17-18(19)20-4-2/h3-19H2,1-2H3;11-12H,3-10,13-19H2,1-2H3;8-9,11-12H,3-7,10,13-19H2,1-2H3;5-6,8-9,11-12H,3-4,7,10,13-19H2,1-2H3;3-17H2,1-2H3. The van der Waals surface area contributed by atoms with Crippen molar-refractivity contribution in [1.29, 1.82) is 0 Å². The van der Waals surface area contributed by atoms with Gasteiger partial charge in [-0.3, -0.25) is 24.0 Å². The van der Waals surface area contributed by atoms with Crippen LogP contribution in [0, 0.1) is 0 Å². The van der Waals surface area contributed by atoms with E-state index in [1.807, 2.05) is 34.6 Å². The minimum Gasteiger partial charge on any atom is -0.466 e. The van der Waals surface area contributed by atoms with E-state index in [4.69, 9.17) is 23.7 Å². The maximum absolute atomic E-state index is 11.2. The highest BCUT2D eigenvalue weighted by Crippen LogP contribution is 2.18. The topological polar surface area (TPSA) is 132 Å². The second kappa shape index (κ2) is 109. The number of hydrogen-bond donors (Lipinski definition) is 0. The fourth-order valence-electron chi connectivity index (χ4n) is 12.4. The fraction of sp³-hybridized carbons (Fsp3) is 0.827. The number of allylic oxidation sites excluding steroid dienone is 12. The second-order valence-corrected chi connectivity index (χ2v) is 29.6. The van der Waals surface area contributed by atoms with Crippen molar-refractivity contribution in [3.05, 3.63) is 72.9 Å². The highest BCUT2D eigenvalue weighted by molar-refractivity contribution is 5.70. The van der Waals surface area contributed by atoms with Crippen LogP contribution in [0.15, 0.2) is 72.9 Å². The Morgan fingerprint density at radius 2 is 0.306 bits per heavy atom. The van der Waals surface area contributed by atoms with Crippen LogP contribution in [0.3, 0.4) is 0 Å². The number of carbonyl (C=O) groups excluding carboxylic acids is 5. The first-order valence-corrected chi connectivity index (χ1v) is 46.7. The lowest BCUT2D eigenvalue weighted by Gasteiger charge is -2.03. The maximum Gasteiger partial charge on any atom is 0.305 e. The van der Waals surface area contributed by atoms with Crippen LogP contribution < -0.4 is 0 Å². The zero-order chi connectivity index (χ0) is 80.1. The molecule has 0 spiro atoms. The molecule has 0 unspecified atom stereocenters. The molecule has 0 N–H and O–H groups in total. The Morgan fingerprint density at radius 3 is 0.491 bits per heavy atom. The van der Waals surface area contributed by atoms with Crippen LogP contribution in [0.1, 0.15) is 493 Å². The van der Waals surface area contributed by atoms with E-state index in [0.717, 1.165) is 77.0 Å². The van der Waals surface area contributed by atoms with Gasteiger partial charge in [0.2, 0.25) is 0 Å². The van der Waals surface area contributed by atoms with Crippen LogP contribution in [-0.4, -0.2) is 62.9 Å². The van der Waals surface area contributed by atoms with Crippen molar-refractivity contribution in [2.45, 2.75) is 493 Å². The lowest BCUT2D eigenvalue weighted by atomic mass is 10.0. The number of carbonyl (C=O) groups is 5. The van der Waals surface area contributed by atoms with E-state index in [0.29, 0.717) is 65.1 Å². The van der Waals surface area contributed by atoms with Gasteiger partial charge in [0, 0.05) is 32.1 Å². The maximum atomic E-state index is 11.2. The van der Waals surface area contributed by atoms with Gasteiger partial charge >= 0.3 is 29.8 Å². The second-order valence-electron chi connectivity index (χ2n) is 29.6. The van der Waals surface area contributed by atoms with Gasteiger partial charge in [0.25, 0.3) is 0 Å². The molecular weight excluding hydrogens is 1340 g/mol. The molecule has 0 heterocycles. The zero-order valence-electron chi connectivity index (χ0n) is 73.7. The molecule has 0 saturated carbocycles. The minimum absolute atomic E-state index is 0.0304. The first kappa shape index (κ1) is 112. The van der Waals surface area contributed by atoms with Gasteiger partial charge in [0.15, 0.2) is 0 Å². The smallest absolute Gasteiger partial charge is 0.305 e. The summed E-state index contributed by atoms with van der Waals surface area (Å²) in [7, 11) is 0.